The molecule has 7 heteroatoms. The molecule has 0 unspecified atom stereocenters. The SMILES string of the molecule is CCn1nccc1C(=O)N(CCCN(C)C)c1nc2c(C)ccc(C)c2s1. The molecule has 0 radical (unpaired) electrons. The van der Waals surface area contributed by atoms with E-state index in [-0.39, 0.29) is 5.91 Å². The van der Waals surface area contributed by atoms with E-state index in [4.69, 9.17) is 4.98 Å². The third-order valence-corrected chi connectivity index (χ3v) is 5.84. The Balaban J connectivity index is 2.00. The van der Waals surface area contributed by atoms with Gasteiger partial charge in [0, 0.05) is 19.3 Å². The molecule has 0 N–H and O–H groups in total. The zero-order valence-electron chi connectivity index (χ0n) is 16.7. The van der Waals surface area contributed by atoms with Crippen LogP contribution in [0, 0.1) is 13.8 Å². The number of anilines is 1. The van der Waals surface area contributed by atoms with Crippen molar-refractivity contribution in [3.05, 3.63) is 41.2 Å². The zero-order valence-corrected chi connectivity index (χ0v) is 17.5. The minimum Gasteiger partial charge on any atom is -0.309 e. The molecule has 0 saturated carbocycles. The Morgan fingerprint density at radius 2 is 1.89 bits per heavy atom. The van der Waals surface area contributed by atoms with Crippen molar-refractivity contribution in [3.8, 4) is 0 Å². The number of fused-ring (bicyclic) bond motifs is 1. The summed E-state index contributed by atoms with van der Waals surface area (Å²) in [5.74, 6) is -0.0394. The second kappa shape index (κ2) is 8.19. The van der Waals surface area contributed by atoms with Crippen LogP contribution < -0.4 is 4.90 Å². The van der Waals surface area contributed by atoms with Crippen molar-refractivity contribution in [3.63, 3.8) is 0 Å². The number of amides is 1. The maximum absolute atomic E-state index is 13.3. The van der Waals surface area contributed by atoms with Gasteiger partial charge in [0.05, 0.1) is 10.2 Å². The fourth-order valence-electron chi connectivity index (χ4n) is 3.10. The molecule has 0 fully saturated rings. The van der Waals surface area contributed by atoms with Gasteiger partial charge in [0.25, 0.3) is 5.91 Å². The Bertz CT molecular complexity index is 904. The third-order valence-electron chi connectivity index (χ3n) is 4.63. The molecule has 3 rings (SSSR count). The van der Waals surface area contributed by atoms with E-state index < -0.39 is 0 Å². The van der Waals surface area contributed by atoms with Gasteiger partial charge in [-0.15, -0.1) is 0 Å². The molecule has 0 saturated heterocycles. The van der Waals surface area contributed by atoms with Crippen LogP contribution in [0.3, 0.4) is 0 Å². The van der Waals surface area contributed by atoms with Crippen LogP contribution in [-0.2, 0) is 6.54 Å². The number of rotatable bonds is 7. The van der Waals surface area contributed by atoms with Crippen LogP contribution in [0.4, 0.5) is 5.13 Å². The predicted octanol–water partition coefficient (Wildman–Crippen LogP) is 3.73. The molecule has 1 amide bonds. The Labute approximate surface area is 164 Å². The molecule has 0 bridgehead atoms. The zero-order chi connectivity index (χ0) is 19.6. The Hall–Kier alpha value is -2.25. The van der Waals surface area contributed by atoms with Gasteiger partial charge in [-0.1, -0.05) is 23.5 Å². The summed E-state index contributed by atoms with van der Waals surface area (Å²) < 4.78 is 2.89. The highest BCUT2D eigenvalue weighted by molar-refractivity contribution is 7.22. The summed E-state index contributed by atoms with van der Waals surface area (Å²) in [5, 5.41) is 5.01. The van der Waals surface area contributed by atoms with E-state index in [2.05, 4.69) is 36.0 Å². The van der Waals surface area contributed by atoms with E-state index in [1.54, 1.807) is 28.3 Å². The number of thiazole rings is 1. The molecule has 0 aliphatic carbocycles. The summed E-state index contributed by atoms with van der Waals surface area (Å²) in [4.78, 5) is 22.1. The van der Waals surface area contributed by atoms with E-state index >= 15 is 0 Å². The van der Waals surface area contributed by atoms with Gasteiger partial charge in [-0.3, -0.25) is 14.4 Å². The van der Waals surface area contributed by atoms with E-state index in [1.165, 1.54) is 5.56 Å². The summed E-state index contributed by atoms with van der Waals surface area (Å²) in [6, 6.07) is 5.99. The van der Waals surface area contributed by atoms with Crippen LogP contribution in [0.15, 0.2) is 24.4 Å². The minimum absolute atomic E-state index is 0.0394. The van der Waals surface area contributed by atoms with Crippen LogP contribution in [0.2, 0.25) is 0 Å². The molecular formula is C20H27N5OS. The number of hydrogen-bond donors (Lipinski definition) is 0. The first-order valence-corrected chi connectivity index (χ1v) is 10.1. The highest BCUT2D eigenvalue weighted by atomic mass is 32.1. The summed E-state index contributed by atoms with van der Waals surface area (Å²) >= 11 is 1.59. The van der Waals surface area contributed by atoms with E-state index in [0.717, 1.165) is 33.9 Å². The molecule has 0 aliphatic heterocycles. The largest absolute Gasteiger partial charge is 0.309 e. The number of nitrogens with zero attached hydrogens (tertiary/aromatic N) is 5. The summed E-state index contributed by atoms with van der Waals surface area (Å²) in [7, 11) is 4.09. The van der Waals surface area contributed by atoms with Crippen molar-refractivity contribution in [1.29, 1.82) is 0 Å². The molecule has 6 nitrogen and oxygen atoms in total. The van der Waals surface area contributed by atoms with Gasteiger partial charge in [0.2, 0.25) is 0 Å². The first-order chi connectivity index (χ1) is 12.9. The minimum atomic E-state index is -0.0394. The highest BCUT2D eigenvalue weighted by Crippen LogP contribution is 2.33. The van der Waals surface area contributed by atoms with E-state index in [9.17, 15) is 4.79 Å². The van der Waals surface area contributed by atoms with Crippen molar-refractivity contribution >= 4 is 32.6 Å². The molecule has 0 spiro atoms. The van der Waals surface area contributed by atoms with E-state index in [0.29, 0.717) is 18.8 Å². The van der Waals surface area contributed by atoms with Crippen LogP contribution in [-0.4, -0.2) is 52.8 Å². The van der Waals surface area contributed by atoms with Crippen molar-refractivity contribution in [1.82, 2.24) is 19.7 Å². The van der Waals surface area contributed by atoms with Crippen LogP contribution in [0.5, 0.6) is 0 Å². The predicted molar refractivity (Wildman–Crippen MR) is 112 cm³/mol. The maximum atomic E-state index is 13.3. The molecule has 0 aliphatic rings. The lowest BCUT2D eigenvalue weighted by molar-refractivity contribution is 0.0975. The molecule has 2 heterocycles. The topological polar surface area (TPSA) is 54.3 Å². The molecular weight excluding hydrogens is 358 g/mol. The number of carbonyl (C=O) groups is 1. The van der Waals surface area contributed by atoms with Crippen LogP contribution in [0.1, 0.15) is 35.0 Å². The normalized spacial score (nSPS) is 11.5. The van der Waals surface area contributed by atoms with Crippen molar-refractivity contribution in [2.24, 2.45) is 0 Å². The lowest BCUT2D eigenvalue weighted by Gasteiger charge is -2.21. The second-order valence-corrected chi connectivity index (χ2v) is 8.00. The van der Waals surface area contributed by atoms with Gasteiger partial charge in [-0.25, -0.2) is 4.98 Å². The average Bonchev–Trinajstić information content (AvgIpc) is 3.28. The summed E-state index contributed by atoms with van der Waals surface area (Å²) in [5.41, 5.74) is 3.93. The quantitative estimate of drug-likeness (QED) is 0.622. The number of hydrogen-bond acceptors (Lipinski definition) is 5. The standard InChI is InChI=1S/C20H27N5OS/c1-6-25-16(10-11-21-25)19(26)24(13-7-12-23(4)5)20-22-17-14(2)8-9-15(3)18(17)27-20/h8-11H,6-7,12-13H2,1-5H3. The Morgan fingerprint density at radius 3 is 2.56 bits per heavy atom. The monoisotopic (exact) mass is 385 g/mol. The molecule has 3 aromatic rings. The first-order valence-electron chi connectivity index (χ1n) is 9.27. The smallest absolute Gasteiger partial charge is 0.278 e. The van der Waals surface area contributed by atoms with Gasteiger partial charge in [0.15, 0.2) is 5.13 Å². The van der Waals surface area contributed by atoms with Gasteiger partial charge >= 0.3 is 0 Å². The third kappa shape index (κ3) is 4.04. The van der Waals surface area contributed by atoms with Gasteiger partial charge in [-0.05, 0) is 65.0 Å². The van der Waals surface area contributed by atoms with Crippen LogP contribution >= 0.6 is 11.3 Å². The van der Waals surface area contributed by atoms with Crippen molar-refractivity contribution in [2.75, 3.05) is 32.1 Å². The van der Waals surface area contributed by atoms with Crippen LogP contribution in [0.25, 0.3) is 10.2 Å². The summed E-state index contributed by atoms with van der Waals surface area (Å²) in [6.07, 6.45) is 2.56. The first kappa shape index (κ1) is 19.5. The maximum Gasteiger partial charge on any atom is 0.278 e. The molecule has 1 aromatic carbocycles. The molecule has 0 atom stereocenters. The van der Waals surface area contributed by atoms with Crippen molar-refractivity contribution in [2.45, 2.75) is 33.7 Å². The lowest BCUT2D eigenvalue weighted by Crippen LogP contribution is -2.34. The molecule has 2 aromatic heterocycles. The Morgan fingerprint density at radius 1 is 1.15 bits per heavy atom. The highest BCUT2D eigenvalue weighted by Gasteiger charge is 2.24. The van der Waals surface area contributed by atoms with Crippen molar-refractivity contribution < 1.29 is 4.79 Å². The Kier molecular flexibility index (Phi) is 5.92. The number of carbonyl (C=O) groups excluding carboxylic acids is 1. The lowest BCUT2D eigenvalue weighted by atomic mass is 10.1. The number of aryl methyl sites for hydroxylation is 3. The number of benzene rings is 1. The van der Waals surface area contributed by atoms with Gasteiger partial charge < -0.3 is 4.90 Å². The van der Waals surface area contributed by atoms with Gasteiger partial charge in [-0.2, -0.15) is 5.10 Å². The fourth-order valence-corrected chi connectivity index (χ4v) is 4.23. The second-order valence-electron chi connectivity index (χ2n) is 7.02. The van der Waals surface area contributed by atoms with Gasteiger partial charge in [0.1, 0.15) is 5.69 Å². The molecule has 27 heavy (non-hydrogen) atoms. The number of aromatic nitrogens is 3. The summed E-state index contributed by atoms with van der Waals surface area (Å²) in [6.45, 7) is 8.36. The molecule has 144 valence electrons. The van der Waals surface area contributed by atoms with E-state index in [1.807, 2.05) is 25.9 Å². The average molecular weight is 386 g/mol. The fraction of sp³-hybridized carbons (Fsp3) is 0.450.